The van der Waals surface area contributed by atoms with E-state index in [1.165, 1.54) is 10.8 Å². The number of hydrogen-bond donors (Lipinski definition) is 0. The van der Waals surface area contributed by atoms with Crippen LogP contribution in [0.15, 0.2) is 176 Å². The van der Waals surface area contributed by atoms with Gasteiger partial charge in [0.1, 0.15) is 0 Å². The Morgan fingerprint density at radius 1 is 0.367 bits per heavy atom. The average molecular weight is 628 g/mol. The lowest BCUT2D eigenvalue weighted by Gasteiger charge is -2.21. The number of pyridine rings is 2. The van der Waals surface area contributed by atoms with Gasteiger partial charge in [0, 0.05) is 63.4 Å². The third-order valence-electron chi connectivity index (χ3n) is 9.02. The molecule has 0 aliphatic heterocycles. The van der Waals surface area contributed by atoms with E-state index in [-0.39, 0.29) is 0 Å². The van der Waals surface area contributed by atoms with Gasteiger partial charge in [0.05, 0.1) is 28.1 Å². The molecule has 0 bridgehead atoms. The molecule has 0 atom stereocenters. The van der Waals surface area contributed by atoms with E-state index in [2.05, 4.69) is 142 Å². The predicted octanol–water partition coefficient (Wildman–Crippen LogP) is 10.7. The first-order valence-corrected chi connectivity index (χ1v) is 16.3. The first-order valence-electron chi connectivity index (χ1n) is 16.3. The fourth-order valence-electron chi connectivity index (χ4n) is 6.76. The van der Waals surface area contributed by atoms with Gasteiger partial charge in [-0.25, -0.2) is 9.97 Å². The molecule has 0 unspecified atom stereocenters. The van der Waals surface area contributed by atoms with Gasteiger partial charge in [0.25, 0.3) is 0 Å². The van der Waals surface area contributed by atoms with Crippen LogP contribution in [0.5, 0.6) is 0 Å². The Bertz CT molecular complexity index is 2410. The Labute approximate surface area is 283 Å². The van der Waals surface area contributed by atoms with Crippen molar-refractivity contribution in [2.24, 2.45) is 0 Å². The fourth-order valence-corrected chi connectivity index (χ4v) is 6.76. The SMILES string of the molecule is c1ccc(-c2cc(-c3cc(-c4ccncc4)nc(-c4ccncc4)n3)cc(-c3ccccc3)c2-n2c3ccccc3c3ccccc32)cc1. The molecule has 5 heteroatoms. The van der Waals surface area contributed by atoms with Gasteiger partial charge < -0.3 is 4.57 Å². The molecule has 4 aromatic heterocycles. The molecular weight excluding hydrogens is 599 g/mol. The molecule has 0 aliphatic carbocycles. The van der Waals surface area contributed by atoms with Crippen molar-refractivity contribution in [3.05, 3.63) is 176 Å². The maximum absolute atomic E-state index is 5.20. The van der Waals surface area contributed by atoms with Crippen LogP contribution in [0.1, 0.15) is 0 Å². The van der Waals surface area contributed by atoms with Crippen LogP contribution in [-0.2, 0) is 0 Å². The van der Waals surface area contributed by atoms with Crippen molar-refractivity contribution in [3.8, 4) is 61.8 Å². The molecule has 4 heterocycles. The number of para-hydroxylation sites is 2. The fraction of sp³-hybridized carbons (Fsp3) is 0. The molecule has 0 radical (unpaired) electrons. The number of hydrogen-bond acceptors (Lipinski definition) is 4. The monoisotopic (exact) mass is 627 g/mol. The van der Waals surface area contributed by atoms with E-state index in [0.29, 0.717) is 5.82 Å². The zero-order valence-electron chi connectivity index (χ0n) is 26.5. The van der Waals surface area contributed by atoms with E-state index in [1.54, 1.807) is 24.8 Å². The Balaban J connectivity index is 1.40. The highest BCUT2D eigenvalue weighted by Gasteiger charge is 2.22. The molecule has 5 nitrogen and oxygen atoms in total. The summed E-state index contributed by atoms with van der Waals surface area (Å²) in [5, 5.41) is 2.44. The molecule has 49 heavy (non-hydrogen) atoms. The zero-order valence-corrected chi connectivity index (χ0v) is 26.5. The summed E-state index contributed by atoms with van der Waals surface area (Å²) >= 11 is 0. The maximum atomic E-state index is 5.20. The summed E-state index contributed by atoms with van der Waals surface area (Å²) in [6.45, 7) is 0. The van der Waals surface area contributed by atoms with Crippen molar-refractivity contribution < 1.29 is 0 Å². The van der Waals surface area contributed by atoms with Gasteiger partial charge in [0.15, 0.2) is 5.82 Å². The van der Waals surface area contributed by atoms with E-state index < -0.39 is 0 Å². The van der Waals surface area contributed by atoms with Crippen LogP contribution in [0, 0.1) is 0 Å². The smallest absolute Gasteiger partial charge is 0.160 e. The van der Waals surface area contributed by atoms with Crippen LogP contribution in [0.2, 0.25) is 0 Å². The summed E-state index contributed by atoms with van der Waals surface area (Å²) in [6, 6.07) is 53.2. The van der Waals surface area contributed by atoms with Crippen molar-refractivity contribution in [3.63, 3.8) is 0 Å². The first kappa shape index (κ1) is 28.5. The number of aromatic nitrogens is 5. The van der Waals surface area contributed by atoms with E-state index in [4.69, 9.17) is 9.97 Å². The summed E-state index contributed by atoms with van der Waals surface area (Å²) in [6.07, 6.45) is 7.15. The minimum Gasteiger partial charge on any atom is -0.308 e. The van der Waals surface area contributed by atoms with Crippen LogP contribution < -0.4 is 0 Å². The standard InChI is InChI=1S/C44H29N5/c1-3-11-30(12-4-1)37-27-34(40-29-39(32-19-23-45-24-20-32)47-44(48-40)33-21-25-46-26-22-33)28-38(31-13-5-2-6-14-31)43(37)49-41-17-9-7-15-35(41)36-16-8-10-18-42(36)49/h1-29H. The molecule has 0 aliphatic rings. The van der Waals surface area contributed by atoms with Crippen LogP contribution in [0.4, 0.5) is 0 Å². The number of rotatable bonds is 6. The lowest BCUT2D eigenvalue weighted by molar-refractivity contribution is 1.16. The molecule has 9 rings (SSSR count). The Morgan fingerprint density at radius 3 is 1.35 bits per heavy atom. The number of fused-ring (bicyclic) bond motifs is 3. The Kier molecular flexibility index (Phi) is 7.06. The topological polar surface area (TPSA) is 56.5 Å². The van der Waals surface area contributed by atoms with Crippen molar-refractivity contribution >= 4 is 21.8 Å². The van der Waals surface area contributed by atoms with Crippen molar-refractivity contribution in [1.82, 2.24) is 24.5 Å². The zero-order chi connectivity index (χ0) is 32.6. The molecule has 0 fully saturated rings. The molecule has 9 aromatic rings. The molecule has 0 spiro atoms. The molecule has 0 N–H and O–H groups in total. The van der Waals surface area contributed by atoms with Gasteiger partial charge in [-0.2, -0.15) is 0 Å². The summed E-state index contributed by atoms with van der Waals surface area (Å²) in [7, 11) is 0. The largest absolute Gasteiger partial charge is 0.308 e. The Hall–Kier alpha value is -6.72. The lowest BCUT2D eigenvalue weighted by atomic mass is 9.91. The molecular formula is C44H29N5. The summed E-state index contributed by atoms with van der Waals surface area (Å²) in [4.78, 5) is 18.7. The van der Waals surface area contributed by atoms with Gasteiger partial charge in [-0.1, -0.05) is 97.1 Å². The Morgan fingerprint density at radius 2 is 0.816 bits per heavy atom. The first-order chi connectivity index (χ1) is 24.3. The van der Waals surface area contributed by atoms with Crippen molar-refractivity contribution in [2.45, 2.75) is 0 Å². The molecule has 0 saturated carbocycles. The van der Waals surface area contributed by atoms with Crippen molar-refractivity contribution in [1.29, 1.82) is 0 Å². The van der Waals surface area contributed by atoms with Gasteiger partial charge in [0.2, 0.25) is 0 Å². The van der Waals surface area contributed by atoms with Gasteiger partial charge in [-0.3, -0.25) is 9.97 Å². The second kappa shape index (κ2) is 12.1. The maximum Gasteiger partial charge on any atom is 0.160 e. The molecule has 230 valence electrons. The number of benzene rings is 5. The summed E-state index contributed by atoms with van der Waals surface area (Å²) < 4.78 is 2.43. The second-order valence-corrected chi connectivity index (χ2v) is 12.0. The molecule has 0 amide bonds. The summed E-state index contributed by atoms with van der Waals surface area (Å²) in [5.41, 5.74) is 12.4. The van der Waals surface area contributed by atoms with Gasteiger partial charge >= 0.3 is 0 Å². The minimum atomic E-state index is 0.640. The van der Waals surface area contributed by atoms with Gasteiger partial charge in [-0.15, -0.1) is 0 Å². The highest BCUT2D eigenvalue weighted by Crippen LogP contribution is 2.44. The van der Waals surface area contributed by atoms with Crippen LogP contribution in [0.25, 0.3) is 83.6 Å². The third-order valence-corrected chi connectivity index (χ3v) is 9.02. The van der Waals surface area contributed by atoms with E-state index in [9.17, 15) is 0 Å². The van der Waals surface area contributed by atoms with E-state index in [1.807, 2.05) is 24.3 Å². The van der Waals surface area contributed by atoms with Crippen molar-refractivity contribution in [2.75, 3.05) is 0 Å². The second-order valence-electron chi connectivity index (χ2n) is 12.0. The quantitative estimate of drug-likeness (QED) is 0.184. The third kappa shape index (κ3) is 5.14. The highest BCUT2D eigenvalue weighted by atomic mass is 15.0. The van der Waals surface area contributed by atoms with Gasteiger partial charge in [-0.05, 0) is 65.7 Å². The normalized spacial score (nSPS) is 11.3. The highest BCUT2D eigenvalue weighted by molar-refractivity contribution is 6.10. The van der Waals surface area contributed by atoms with E-state index >= 15 is 0 Å². The summed E-state index contributed by atoms with van der Waals surface area (Å²) in [5.74, 6) is 0.640. The van der Waals surface area contributed by atoms with Crippen LogP contribution in [-0.4, -0.2) is 24.5 Å². The van der Waals surface area contributed by atoms with Crippen LogP contribution in [0.3, 0.4) is 0 Å². The molecule has 5 aromatic carbocycles. The lowest BCUT2D eigenvalue weighted by Crippen LogP contribution is -2.02. The predicted molar refractivity (Wildman–Crippen MR) is 199 cm³/mol. The molecule has 0 saturated heterocycles. The number of nitrogens with zero attached hydrogens (tertiary/aromatic N) is 5. The van der Waals surface area contributed by atoms with E-state index in [0.717, 1.165) is 67.1 Å². The minimum absolute atomic E-state index is 0.640. The van der Waals surface area contributed by atoms with Crippen LogP contribution >= 0.6 is 0 Å². The average Bonchev–Trinajstić information content (AvgIpc) is 3.52.